The standard InChI is InChI=1S/C23H27N3O3S/c1-22(2,3)29-21(27)25-19(15-28-23(25,4)5)17-14-18(20-12-9-13-30-20)26(24-17)16-10-7-6-8-11-16/h6-14,19H,15H2,1-5H3. The van der Waals surface area contributed by atoms with Crippen LogP contribution in [-0.4, -0.2) is 38.7 Å². The number of hydrogen-bond donors (Lipinski definition) is 0. The number of thiophene rings is 1. The van der Waals surface area contributed by atoms with Gasteiger partial charge in [0.2, 0.25) is 0 Å². The van der Waals surface area contributed by atoms with E-state index in [0.29, 0.717) is 6.61 Å². The maximum Gasteiger partial charge on any atom is 0.413 e. The number of aromatic nitrogens is 2. The van der Waals surface area contributed by atoms with E-state index in [2.05, 4.69) is 6.07 Å². The van der Waals surface area contributed by atoms with Crippen LogP contribution in [-0.2, 0) is 9.47 Å². The molecule has 3 aromatic rings. The lowest BCUT2D eigenvalue weighted by Crippen LogP contribution is -2.47. The Morgan fingerprint density at radius 2 is 1.93 bits per heavy atom. The molecule has 1 aliphatic heterocycles. The molecule has 158 valence electrons. The molecule has 7 heteroatoms. The van der Waals surface area contributed by atoms with Gasteiger partial charge in [-0.2, -0.15) is 5.10 Å². The van der Waals surface area contributed by atoms with Crippen molar-refractivity contribution in [2.24, 2.45) is 0 Å². The van der Waals surface area contributed by atoms with Crippen LogP contribution in [0.2, 0.25) is 0 Å². The third-order valence-corrected chi connectivity index (χ3v) is 5.81. The quantitative estimate of drug-likeness (QED) is 0.544. The van der Waals surface area contributed by atoms with Crippen molar-refractivity contribution in [3.8, 4) is 16.3 Å². The SMILES string of the molecule is CC(C)(C)OC(=O)N1C(c2cc(-c3cccs3)n(-c3ccccc3)n2)COC1(C)C. The van der Waals surface area contributed by atoms with Crippen molar-refractivity contribution in [2.45, 2.75) is 52.0 Å². The van der Waals surface area contributed by atoms with E-state index in [4.69, 9.17) is 14.6 Å². The molecule has 1 aromatic carbocycles. The molecule has 0 saturated carbocycles. The van der Waals surface area contributed by atoms with Crippen LogP contribution >= 0.6 is 11.3 Å². The van der Waals surface area contributed by atoms with Gasteiger partial charge < -0.3 is 9.47 Å². The lowest BCUT2D eigenvalue weighted by molar-refractivity contribution is -0.0627. The minimum Gasteiger partial charge on any atom is -0.444 e. The number of nitrogens with zero attached hydrogens (tertiary/aromatic N) is 3. The minimum absolute atomic E-state index is 0.335. The van der Waals surface area contributed by atoms with Gasteiger partial charge in [-0.1, -0.05) is 24.3 Å². The Morgan fingerprint density at radius 1 is 1.20 bits per heavy atom. The molecule has 0 N–H and O–H groups in total. The highest BCUT2D eigenvalue weighted by Crippen LogP contribution is 2.39. The first-order chi connectivity index (χ1) is 14.2. The molecule has 1 fully saturated rings. The summed E-state index contributed by atoms with van der Waals surface area (Å²) in [6.45, 7) is 9.72. The van der Waals surface area contributed by atoms with E-state index in [0.717, 1.165) is 22.0 Å². The molecule has 4 rings (SSSR count). The van der Waals surface area contributed by atoms with Crippen LogP contribution in [0, 0.1) is 0 Å². The van der Waals surface area contributed by atoms with Crippen LogP contribution < -0.4 is 0 Å². The second-order valence-electron chi connectivity index (χ2n) is 8.80. The summed E-state index contributed by atoms with van der Waals surface area (Å²) in [7, 11) is 0. The van der Waals surface area contributed by atoms with Crippen molar-refractivity contribution in [3.05, 3.63) is 59.6 Å². The monoisotopic (exact) mass is 425 g/mol. The zero-order valence-electron chi connectivity index (χ0n) is 18.0. The number of ether oxygens (including phenoxy) is 2. The van der Waals surface area contributed by atoms with Gasteiger partial charge in [-0.15, -0.1) is 11.3 Å². The zero-order valence-corrected chi connectivity index (χ0v) is 18.8. The smallest absolute Gasteiger partial charge is 0.413 e. The summed E-state index contributed by atoms with van der Waals surface area (Å²) in [5, 5.41) is 6.95. The van der Waals surface area contributed by atoms with E-state index in [9.17, 15) is 4.79 Å². The predicted molar refractivity (Wildman–Crippen MR) is 118 cm³/mol. The first-order valence-electron chi connectivity index (χ1n) is 10.0. The predicted octanol–water partition coefficient (Wildman–Crippen LogP) is 5.65. The fourth-order valence-electron chi connectivity index (χ4n) is 3.61. The molecule has 1 amide bonds. The first kappa shape index (κ1) is 20.6. The number of rotatable bonds is 3. The summed E-state index contributed by atoms with van der Waals surface area (Å²) in [5.41, 5.74) is 1.35. The average molecular weight is 426 g/mol. The van der Waals surface area contributed by atoms with E-state index < -0.39 is 17.4 Å². The van der Waals surface area contributed by atoms with E-state index in [1.54, 1.807) is 16.2 Å². The Labute approximate surface area is 181 Å². The fraction of sp³-hybridized carbons (Fsp3) is 0.391. The third kappa shape index (κ3) is 4.00. The summed E-state index contributed by atoms with van der Waals surface area (Å²) in [4.78, 5) is 15.8. The summed E-state index contributed by atoms with van der Waals surface area (Å²) < 4.78 is 13.6. The molecule has 2 aromatic heterocycles. The lowest BCUT2D eigenvalue weighted by atomic mass is 10.1. The Kier molecular flexibility index (Phi) is 5.20. The van der Waals surface area contributed by atoms with Gasteiger partial charge >= 0.3 is 6.09 Å². The van der Waals surface area contributed by atoms with Gasteiger partial charge in [0.05, 0.1) is 28.6 Å². The van der Waals surface area contributed by atoms with Crippen LogP contribution in [0.1, 0.15) is 46.4 Å². The molecule has 6 nitrogen and oxygen atoms in total. The van der Waals surface area contributed by atoms with Crippen molar-refractivity contribution in [2.75, 3.05) is 6.61 Å². The summed E-state index contributed by atoms with van der Waals surface area (Å²) in [5.74, 6) is 0. The lowest BCUT2D eigenvalue weighted by Gasteiger charge is -2.34. The molecule has 3 heterocycles. The summed E-state index contributed by atoms with van der Waals surface area (Å²) in [6.07, 6.45) is -0.401. The minimum atomic E-state index is -0.785. The number of hydrogen-bond acceptors (Lipinski definition) is 5. The van der Waals surface area contributed by atoms with Gasteiger partial charge in [-0.25, -0.2) is 9.48 Å². The Hall–Kier alpha value is -2.64. The van der Waals surface area contributed by atoms with Crippen molar-refractivity contribution in [3.63, 3.8) is 0 Å². The number of carbonyl (C=O) groups is 1. The topological polar surface area (TPSA) is 56.6 Å². The van der Waals surface area contributed by atoms with Crippen LogP contribution in [0.15, 0.2) is 53.9 Å². The van der Waals surface area contributed by atoms with Gasteiger partial charge in [-0.05, 0) is 64.3 Å². The van der Waals surface area contributed by atoms with Gasteiger partial charge in [-0.3, -0.25) is 4.90 Å². The Balaban J connectivity index is 1.77. The highest BCUT2D eigenvalue weighted by Gasteiger charge is 2.47. The van der Waals surface area contributed by atoms with Crippen molar-refractivity contribution in [1.82, 2.24) is 14.7 Å². The van der Waals surface area contributed by atoms with Crippen LogP contribution in [0.5, 0.6) is 0 Å². The molecular formula is C23H27N3O3S. The average Bonchev–Trinajstić information content (AvgIpc) is 3.38. The van der Waals surface area contributed by atoms with Crippen molar-refractivity contribution < 1.29 is 14.3 Å². The van der Waals surface area contributed by atoms with E-state index in [1.807, 2.05) is 87.1 Å². The highest BCUT2D eigenvalue weighted by atomic mass is 32.1. The van der Waals surface area contributed by atoms with Gasteiger partial charge in [0.15, 0.2) is 0 Å². The molecule has 0 radical (unpaired) electrons. The van der Waals surface area contributed by atoms with Gasteiger partial charge in [0, 0.05) is 0 Å². The number of amides is 1. The molecule has 0 spiro atoms. The Bertz CT molecular complexity index is 1020. The molecule has 1 aliphatic rings. The molecule has 30 heavy (non-hydrogen) atoms. The largest absolute Gasteiger partial charge is 0.444 e. The molecule has 0 aliphatic carbocycles. The zero-order chi connectivity index (χ0) is 21.5. The maximum atomic E-state index is 13.0. The summed E-state index contributed by atoms with van der Waals surface area (Å²) >= 11 is 1.66. The summed E-state index contributed by atoms with van der Waals surface area (Å²) in [6, 6.07) is 15.8. The molecule has 1 atom stereocenters. The first-order valence-corrected chi connectivity index (χ1v) is 10.9. The molecular weight excluding hydrogens is 398 g/mol. The maximum absolute atomic E-state index is 13.0. The number of para-hydroxylation sites is 1. The second-order valence-corrected chi connectivity index (χ2v) is 9.75. The van der Waals surface area contributed by atoms with E-state index in [1.165, 1.54) is 0 Å². The van der Waals surface area contributed by atoms with Crippen LogP contribution in [0.3, 0.4) is 0 Å². The number of benzene rings is 1. The van der Waals surface area contributed by atoms with Crippen molar-refractivity contribution in [1.29, 1.82) is 0 Å². The Morgan fingerprint density at radius 3 is 2.57 bits per heavy atom. The fourth-order valence-corrected chi connectivity index (χ4v) is 4.33. The van der Waals surface area contributed by atoms with Crippen molar-refractivity contribution >= 4 is 17.4 Å². The van der Waals surface area contributed by atoms with Gasteiger partial charge in [0.1, 0.15) is 17.4 Å². The second kappa shape index (κ2) is 7.56. The number of carbonyl (C=O) groups excluding carboxylic acids is 1. The van der Waals surface area contributed by atoms with E-state index >= 15 is 0 Å². The third-order valence-electron chi connectivity index (χ3n) is 4.92. The molecule has 1 unspecified atom stereocenters. The highest BCUT2D eigenvalue weighted by molar-refractivity contribution is 7.13. The van der Waals surface area contributed by atoms with E-state index in [-0.39, 0.29) is 6.04 Å². The molecule has 1 saturated heterocycles. The molecule has 0 bridgehead atoms. The van der Waals surface area contributed by atoms with Gasteiger partial charge in [0.25, 0.3) is 0 Å². The van der Waals surface area contributed by atoms with Crippen LogP contribution in [0.4, 0.5) is 4.79 Å². The normalized spacial score (nSPS) is 18.6. The van der Waals surface area contributed by atoms with Crippen LogP contribution in [0.25, 0.3) is 16.3 Å².